The van der Waals surface area contributed by atoms with Crippen molar-refractivity contribution in [3.63, 3.8) is 0 Å². The van der Waals surface area contributed by atoms with E-state index in [4.69, 9.17) is 9.84 Å². The minimum atomic E-state index is -1.10. The van der Waals surface area contributed by atoms with E-state index in [1.54, 1.807) is 0 Å². The van der Waals surface area contributed by atoms with E-state index < -0.39 is 18.4 Å². The summed E-state index contributed by atoms with van der Waals surface area (Å²) in [4.78, 5) is 36.2. The van der Waals surface area contributed by atoms with Crippen LogP contribution < -0.4 is 5.56 Å². The number of hydrogen-bond donors (Lipinski definition) is 1. The van der Waals surface area contributed by atoms with E-state index in [1.807, 2.05) is 13.8 Å². The number of methoxy groups -OCH3 is 1. The quantitative estimate of drug-likeness (QED) is 0.729. The monoisotopic (exact) mass is 311 g/mol. The van der Waals surface area contributed by atoms with E-state index in [0.717, 1.165) is 4.68 Å². The molecule has 0 radical (unpaired) electrons. The summed E-state index contributed by atoms with van der Waals surface area (Å²) < 4.78 is 6.01. The Kier molecular flexibility index (Phi) is 6.71. The van der Waals surface area contributed by atoms with E-state index in [0.29, 0.717) is 6.54 Å². The minimum absolute atomic E-state index is 0.0394. The molecule has 0 aliphatic rings. The normalized spacial score (nSPS) is 10.7. The highest BCUT2D eigenvalue weighted by molar-refractivity contribution is 5.93. The van der Waals surface area contributed by atoms with E-state index in [2.05, 4.69) is 5.10 Å². The van der Waals surface area contributed by atoms with Gasteiger partial charge >= 0.3 is 5.97 Å². The Balaban J connectivity index is 3.02. The largest absolute Gasteiger partial charge is 0.480 e. The van der Waals surface area contributed by atoms with Crippen LogP contribution in [0.4, 0.5) is 0 Å². The summed E-state index contributed by atoms with van der Waals surface area (Å²) in [5, 5.41) is 12.9. The van der Waals surface area contributed by atoms with Gasteiger partial charge in [-0.25, -0.2) is 4.68 Å². The van der Waals surface area contributed by atoms with Gasteiger partial charge in [-0.3, -0.25) is 14.4 Å². The number of rotatable bonds is 8. The molecular weight excluding hydrogens is 290 g/mol. The molecule has 8 nitrogen and oxygen atoms in total. The molecule has 1 amide bonds. The summed E-state index contributed by atoms with van der Waals surface area (Å²) in [7, 11) is 1.50. The maximum Gasteiger partial charge on any atom is 0.323 e. The average Bonchev–Trinajstić information content (AvgIpc) is 2.44. The van der Waals surface area contributed by atoms with Crippen LogP contribution in [0.5, 0.6) is 0 Å². The first-order valence-electron chi connectivity index (χ1n) is 6.93. The number of hydrogen-bond acceptors (Lipinski definition) is 5. The van der Waals surface area contributed by atoms with Crippen molar-refractivity contribution in [1.29, 1.82) is 0 Å². The standard InChI is InChI=1S/C14H21N3O5/c1-10(2)8-16(9-13(19)20)14(21)11-4-5-12(18)17(15-11)6-7-22-3/h4-5,10H,6-9H2,1-3H3,(H,19,20). The summed E-state index contributed by atoms with van der Waals surface area (Å²) in [6, 6.07) is 2.55. The third-order valence-electron chi connectivity index (χ3n) is 2.79. The number of ether oxygens (including phenoxy) is 1. The predicted octanol–water partition coefficient (Wildman–Crippen LogP) is 0.0725. The lowest BCUT2D eigenvalue weighted by Crippen LogP contribution is -2.39. The molecule has 122 valence electrons. The first-order valence-corrected chi connectivity index (χ1v) is 6.93. The molecule has 0 spiro atoms. The molecule has 1 rings (SSSR count). The molecule has 1 N–H and O–H groups in total. The number of carbonyl (C=O) groups is 2. The van der Waals surface area contributed by atoms with Gasteiger partial charge < -0.3 is 14.7 Å². The molecule has 1 aromatic heterocycles. The third kappa shape index (κ3) is 5.28. The van der Waals surface area contributed by atoms with Crippen LogP contribution in [0.3, 0.4) is 0 Å². The Morgan fingerprint density at radius 1 is 1.41 bits per heavy atom. The van der Waals surface area contributed by atoms with Crippen LogP contribution in [-0.2, 0) is 16.1 Å². The molecule has 1 aromatic rings. The number of carboxylic acids is 1. The van der Waals surface area contributed by atoms with Gasteiger partial charge in [0, 0.05) is 19.7 Å². The second kappa shape index (κ2) is 8.28. The lowest BCUT2D eigenvalue weighted by Gasteiger charge is -2.22. The lowest BCUT2D eigenvalue weighted by atomic mass is 10.2. The molecule has 0 aliphatic heterocycles. The van der Waals surface area contributed by atoms with Crippen LogP contribution in [-0.4, -0.2) is 58.5 Å². The van der Waals surface area contributed by atoms with Crippen molar-refractivity contribution in [2.75, 3.05) is 26.8 Å². The van der Waals surface area contributed by atoms with Gasteiger partial charge in [0.25, 0.3) is 11.5 Å². The van der Waals surface area contributed by atoms with Crippen molar-refractivity contribution in [2.45, 2.75) is 20.4 Å². The Morgan fingerprint density at radius 2 is 2.09 bits per heavy atom. The molecule has 0 atom stereocenters. The number of carboxylic acid groups (broad SMARTS) is 1. The lowest BCUT2D eigenvalue weighted by molar-refractivity contribution is -0.137. The van der Waals surface area contributed by atoms with Gasteiger partial charge in [0.2, 0.25) is 0 Å². The van der Waals surface area contributed by atoms with Gasteiger partial charge in [0.15, 0.2) is 0 Å². The minimum Gasteiger partial charge on any atom is -0.480 e. The topological polar surface area (TPSA) is 102 Å². The van der Waals surface area contributed by atoms with Crippen LogP contribution in [0.15, 0.2) is 16.9 Å². The summed E-state index contributed by atoms with van der Waals surface area (Å²) in [6.45, 7) is 4.17. The Bertz CT molecular complexity index is 582. The number of aliphatic carboxylic acids is 1. The van der Waals surface area contributed by atoms with Gasteiger partial charge in [-0.05, 0) is 12.0 Å². The van der Waals surface area contributed by atoms with E-state index in [9.17, 15) is 14.4 Å². The molecule has 0 aromatic carbocycles. The van der Waals surface area contributed by atoms with Gasteiger partial charge in [-0.1, -0.05) is 13.8 Å². The fraction of sp³-hybridized carbons (Fsp3) is 0.571. The Morgan fingerprint density at radius 3 is 2.64 bits per heavy atom. The van der Waals surface area contributed by atoms with Crippen molar-refractivity contribution in [2.24, 2.45) is 5.92 Å². The van der Waals surface area contributed by atoms with Crippen LogP contribution in [0.1, 0.15) is 24.3 Å². The van der Waals surface area contributed by atoms with Gasteiger partial charge in [-0.2, -0.15) is 5.10 Å². The second-order valence-corrected chi connectivity index (χ2v) is 5.25. The number of carbonyl (C=O) groups excluding carboxylic acids is 1. The maximum absolute atomic E-state index is 12.4. The highest BCUT2D eigenvalue weighted by atomic mass is 16.5. The molecule has 1 heterocycles. The van der Waals surface area contributed by atoms with Crippen molar-refractivity contribution < 1.29 is 19.4 Å². The zero-order valence-corrected chi connectivity index (χ0v) is 13.0. The second-order valence-electron chi connectivity index (χ2n) is 5.25. The third-order valence-corrected chi connectivity index (χ3v) is 2.79. The molecule has 0 fully saturated rings. The molecule has 22 heavy (non-hydrogen) atoms. The van der Waals surface area contributed by atoms with Crippen LogP contribution in [0, 0.1) is 5.92 Å². The Labute approximate surface area is 128 Å². The highest BCUT2D eigenvalue weighted by Crippen LogP contribution is 2.05. The van der Waals surface area contributed by atoms with Gasteiger partial charge in [0.05, 0.1) is 13.2 Å². The fourth-order valence-corrected chi connectivity index (χ4v) is 1.89. The molecule has 0 saturated carbocycles. The first-order chi connectivity index (χ1) is 10.3. The highest BCUT2D eigenvalue weighted by Gasteiger charge is 2.21. The van der Waals surface area contributed by atoms with Gasteiger partial charge in [0.1, 0.15) is 12.2 Å². The van der Waals surface area contributed by atoms with Crippen LogP contribution in [0.25, 0.3) is 0 Å². The van der Waals surface area contributed by atoms with Crippen LogP contribution >= 0.6 is 0 Å². The van der Waals surface area contributed by atoms with Crippen molar-refractivity contribution in [1.82, 2.24) is 14.7 Å². The van der Waals surface area contributed by atoms with Crippen molar-refractivity contribution in [3.05, 3.63) is 28.2 Å². The number of nitrogens with zero attached hydrogens (tertiary/aromatic N) is 3. The fourth-order valence-electron chi connectivity index (χ4n) is 1.89. The van der Waals surface area contributed by atoms with Crippen molar-refractivity contribution >= 4 is 11.9 Å². The summed E-state index contributed by atoms with van der Waals surface area (Å²) >= 11 is 0. The SMILES string of the molecule is COCCn1nc(C(=O)N(CC(=O)O)CC(C)C)ccc1=O. The summed E-state index contributed by atoms with van der Waals surface area (Å²) in [5.74, 6) is -1.49. The predicted molar refractivity (Wildman–Crippen MR) is 78.8 cm³/mol. The van der Waals surface area contributed by atoms with Crippen molar-refractivity contribution in [3.8, 4) is 0 Å². The maximum atomic E-state index is 12.4. The zero-order valence-electron chi connectivity index (χ0n) is 13.0. The molecular formula is C14H21N3O5. The molecule has 0 saturated heterocycles. The average molecular weight is 311 g/mol. The van der Waals surface area contributed by atoms with Gasteiger partial charge in [-0.15, -0.1) is 0 Å². The first kappa shape index (κ1) is 17.8. The molecule has 8 heteroatoms. The molecule has 0 aliphatic carbocycles. The van der Waals surface area contributed by atoms with E-state index in [-0.39, 0.29) is 30.3 Å². The molecule has 0 bridgehead atoms. The van der Waals surface area contributed by atoms with E-state index in [1.165, 1.54) is 24.1 Å². The number of amides is 1. The zero-order chi connectivity index (χ0) is 16.7. The summed E-state index contributed by atoms with van der Waals surface area (Å²) in [5.41, 5.74) is -0.306. The van der Waals surface area contributed by atoms with Crippen LogP contribution in [0.2, 0.25) is 0 Å². The summed E-state index contributed by atoms with van der Waals surface area (Å²) in [6.07, 6.45) is 0. The number of aromatic nitrogens is 2. The Hall–Kier alpha value is -2.22. The smallest absolute Gasteiger partial charge is 0.323 e. The van der Waals surface area contributed by atoms with E-state index >= 15 is 0 Å². The molecule has 0 unspecified atom stereocenters.